The highest BCUT2D eigenvalue weighted by Gasteiger charge is 2.19. The van der Waals surface area contributed by atoms with Crippen LogP contribution in [0.5, 0.6) is 0 Å². The van der Waals surface area contributed by atoms with Gasteiger partial charge in [0.2, 0.25) is 5.16 Å². The zero-order chi connectivity index (χ0) is 17.6. The second-order valence-electron chi connectivity index (χ2n) is 5.49. The average molecular weight is 371 g/mol. The molecule has 0 aliphatic rings. The third-order valence-electron chi connectivity index (χ3n) is 3.89. The Balaban J connectivity index is 1.92. The summed E-state index contributed by atoms with van der Waals surface area (Å²) in [5.41, 5.74) is 2.71. The lowest BCUT2D eigenvalue weighted by Gasteiger charge is -2.07. The van der Waals surface area contributed by atoms with Gasteiger partial charge in [0, 0.05) is 16.5 Å². The zero-order valence-corrected chi connectivity index (χ0v) is 14.6. The third-order valence-corrected chi connectivity index (χ3v) is 5.14. The number of para-hydroxylation sites is 1. The summed E-state index contributed by atoms with van der Waals surface area (Å²) in [7, 11) is 0. The maximum Gasteiger partial charge on any atom is 0.284 e. The summed E-state index contributed by atoms with van der Waals surface area (Å²) in [4.78, 5) is 11.3. The summed E-state index contributed by atoms with van der Waals surface area (Å²) in [5.74, 6) is 0. The standard InChI is InChI=1S/C17H11ClN4O2S/c1-10-8-16-19-20-17(21(16)13-5-3-2-4-12(10)13)25-15-7-6-11(18)9-14(15)22(23)24/h2-9H,1H3. The van der Waals surface area contributed by atoms with Gasteiger partial charge in [-0.3, -0.25) is 14.5 Å². The molecule has 0 bridgehead atoms. The second-order valence-corrected chi connectivity index (χ2v) is 6.94. The van der Waals surface area contributed by atoms with Gasteiger partial charge in [0.15, 0.2) is 5.65 Å². The van der Waals surface area contributed by atoms with Crippen molar-refractivity contribution in [1.29, 1.82) is 0 Å². The van der Waals surface area contributed by atoms with Crippen molar-refractivity contribution < 1.29 is 4.92 Å². The number of benzene rings is 2. The van der Waals surface area contributed by atoms with E-state index in [-0.39, 0.29) is 5.69 Å². The SMILES string of the molecule is Cc1cc2nnc(Sc3ccc(Cl)cc3[N+](=O)[O-])n2c2ccccc12. The average Bonchev–Trinajstić information content (AvgIpc) is 2.99. The molecule has 2 aromatic heterocycles. The Kier molecular flexibility index (Phi) is 3.82. The van der Waals surface area contributed by atoms with Crippen LogP contribution in [0.2, 0.25) is 5.02 Å². The number of hydrogen-bond donors (Lipinski definition) is 0. The number of hydrogen-bond acceptors (Lipinski definition) is 5. The highest BCUT2D eigenvalue weighted by atomic mass is 35.5. The van der Waals surface area contributed by atoms with E-state index in [4.69, 9.17) is 11.6 Å². The minimum absolute atomic E-state index is 0.0503. The highest BCUT2D eigenvalue weighted by Crippen LogP contribution is 2.36. The number of pyridine rings is 1. The Hall–Kier alpha value is -2.64. The predicted molar refractivity (Wildman–Crippen MR) is 97.5 cm³/mol. The first-order valence-corrected chi connectivity index (χ1v) is 8.59. The van der Waals surface area contributed by atoms with Crippen molar-refractivity contribution in [3.8, 4) is 0 Å². The van der Waals surface area contributed by atoms with Crippen molar-refractivity contribution in [2.75, 3.05) is 0 Å². The monoisotopic (exact) mass is 370 g/mol. The Bertz CT molecular complexity index is 1140. The summed E-state index contributed by atoms with van der Waals surface area (Å²) in [6.45, 7) is 2.02. The lowest BCUT2D eigenvalue weighted by atomic mass is 10.1. The van der Waals surface area contributed by atoms with Gasteiger partial charge in [-0.15, -0.1) is 10.2 Å². The van der Waals surface area contributed by atoms with Gasteiger partial charge in [0.25, 0.3) is 5.69 Å². The molecular formula is C17H11ClN4O2S. The first-order valence-electron chi connectivity index (χ1n) is 7.40. The van der Waals surface area contributed by atoms with Gasteiger partial charge in [0.1, 0.15) is 0 Å². The molecule has 6 nitrogen and oxygen atoms in total. The Morgan fingerprint density at radius 1 is 1.16 bits per heavy atom. The Morgan fingerprint density at radius 3 is 2.76 bits per heavy atom. The molecule has 124 valence electrons. The highest BCUT2D eigenvalue weighted by molar-refractivity contribution is 7.99. The first-order chi connectivity index (χ1) is 12.0. The number of nitro groups is 1. The molecule has 0 fully saturated rings. The number of nitrogens with zero attached hydrogens (tertiary/aromatic N) is 4. The molecule has 0 spiro atoms. The van der Waals surface area contributed by atoms with Crippen LogP contribution in [0.3, 0.4) is 0 Å². The molecular weight excluding hydrogens is 360 g/mol. The van der Waals surface area contributed by atoms with E-state index in [1.165, 1.54) is 17.8 Å². The quantitative estimate of drug-likeness (QED) is 0.378. The molecule has 0 radical (unpaired) electrons. The van der Waals surface area contributed by atoms with Crippen molar-refractivity contribution in [2.24, 2.45) is 0 Å². The van der Waals surface area contributed by atoms with Gasteiger partial charge in [-0.2, -0.15) is 0 Å². The summed E-state index contributed by atoms with van der Waals surface area (Å²) in [6, 6.07) is 14.5. The number of nitro benzene ring substituents is 1. The topological polar surface area (TPSA) is 73.3 Å². The second kappa shape index (κ2) is 6.02. The maximum absolute atomic E-state index is 11.3. The first kappa shape index (κ1) is 15.9. The predicted octanol–water partition coefficient (Wildman–Crippen LogP) is 4.90. The van der Waals surface area contributed by atoms with Crippen molar-refractivity contribution in [2.45, 2.75) is 17.0 Å². The number of rotatable bonds is 3. The van der Waals surface area contributed by atoms with Crippen molar-refractivity contribution >= 4 is 45.6 Å². The smallest absolute Gasteiger partial charge is 0.270 e. The summed E-state index contributed by atoms with van der Waals surface area (Å²) < 4.78 is 1.91. The molecule has 8 heteroatoms. The van der Waals surface area contributed by atoms with Crippen LogP contribution in [0, 0.1) is 17.0 Å². The van der Waals surface area contributed by atoms with E-state index in [2.05, 4.69) is 10.2 Å². The van der Waals surface area contributed by atoms with E-state index >= 15 is 0 Å². The van der Waals surface area contributed by atoms with Gasteiger partial charge in [0.05, 0.1) is 15.3 Å². The van der Waals surface area contributed by atoms with E-state index in [9.17, 15) is 10.1 Å². The molecule has 4 aromatic rings. The van der Waals surface area contributed by atoms with Crippen LogP contribution in [0.15, 0.2) is 58.6 Å². The van der Waals surface area contributed by atoms with Crippen molar-refractivity contribution in [1.82, 2.24) is 14.6 Å². The van der Waals surface area contributed by atoms with Crippen LogP contribution < -0.4 is 0 Å². The lowest BCUT2D eigenvalue weighted by Crippen LogP contribution is -1.94. The molecule has 0 amide bonds. The number of aromatic nitrogens is 3. The molecule has 2 aromatic carbocycles. The maximum atomic E-state index is 11.3. The molecule has 4 rings (SSSR count). The molecule has 0 atom stereocenters. The normalized spacial score (nSPS) is 11.3. The lowest BCUT2D eigenvalue weighted by molar-refractivity contribution is -0.387. The van der Waals surface area contributed by atoms with Crippen LogP contribution in [0.1, 0.15) is 5.56 Å². The summed E-state index contributed by atoms with van der Waals surface area (Å²) >= 11 is 7.08. The van der Waals surface area contributed by atoms with Crippen LogP contribution in [-0.2, 0) is 0 Å². The Labute approximate surface area is 151 Å². The Morgan fingerprint density at radius 2 is 1.96 bits per heavy atom. The van der Waals surface area contributed by atoms with E-state index in [1.807, 2.05) is 41.7 Å². The fourth-order valence-corrected chi connectivity index (χ4v) is 3.86. The summed E-state index contributed by atoms with van der Waals surface area (Å²) in [5, 5.41) is 21.7. The molecule has 0 unspecified atom stereocenters. The van der Waals surface area contributed by atoms with E-state index in [0.29, 0.717) is 20.7 Å². The molecule has 0 aliphatic heterocycles. The number of fused-ring (bicyclic) bond motifs is 3. The largest absolute Gasteiger partial charge is 0.284 e. The van der Waals surface area contributed by atoms with Gasteiger partial charge in [-0.25, -0.2) is 0 Å². The van der Waals surface area contributed by atoms with Crippen molar-refractivity contribution in [3.63, 3.8) is 0 Å². The van der Waals surface area contributed by atoms with Crippen LogP contribution in [0.25, 0.3) is 16.6 Å². The van der Waals surface area contributed by atoms with Gasteiger partial charge < -0.3 is 0 Å². The fraction of sp³-hybridized carbons (Fsp3) is 0.0588. The van der Waals surface area contributed by atoms with Crippen LogP contribution in [0.4, 0.5) is 5.69 Å². The molecule has 0 saturated carbocycles. The number of aryl methyl sites for hydroxylation is 1. The van der Waals surface area contributed by atoms with E-state index in [1.54, 1.807) is 12.1 Å². The number of halogens is 1. The molecule has 0 N–H and O–H groups in total. The summed E-state index contributed by atoms with van der Waals surface area (Å²) in [6.07, 6.45) is 0. The van der Waals surface area contributed by atoms with E-state index in [0.717, 1.165) is 16.5 Å². The van der Waals surface area contributed by atoms with Crippen LogP contribution >= 0.6 is 23.4 Å². The van der Waals surface area contributed by atoms with Gasteiger partial charge >= 0.3 is 0 Å². The van der Waals surface area contributed by atoms with Gasteiger partial charge in [-0.05, 0) is 48.5 Å². The van der Waals surface area contributed by atoms with Crippen molar-refractivity contribution in [3.05, 3.63) is 69.2 Å². The zero-order valence-electron chi connectivity index (χ0n) is 13.0. The molecule has 0 saturated heterocycles. The fourth-order valence-electron chi connectivity index (χ4n) is 2.76. The van der Waals surface area contributed by atoms with Gasteiger partial charge in [-0.1, -0.05) is 29.8 Å². The minimum Gasteiger partial charge on any atom is -0.270 e. The molecule has 2 heterocycles. The minimum atomic E-state index is -0.445. The third kappa shape index (κ3) is 2.71. The molecule has 25 heavy (non-hydrogen) atoms. The molecule has 0 aliphatic carbocycles. The van der Waals surface area contributed by atoms with E-state index < -0.39 is 4.92 Å². The van der Waals surface area contributed by atoms with Crippen LogP contribution in [-0.4, -0.2) is 19.5 Å².